The number of halogens is 3. The maximum absolute atomic E-state index is 13.6. The van der Waals surface area contributed by atoms with Crippen LogP contribution in [0.2, 0.25) is 0 Å². The van der Waals surface area contributed by atoms with E-state index >= 15 is 0 Å². The van der Waals surface area contributed by atoms with Gasteiger partial charge in [0.15, 0.2) is 28.4 Å². The monoisotopic (exact) mass is 463 g/mol. The molecule has 0 radical (unpaired) electrons. The van der Waals surface area contributed by atoms with Gasteiger partial charge in [-0.1, -0.05) is 36.0 Å². The number of rotatable bonds is 7. The first-order valence-corrected chi connectivity index (χ1v) is 10.4. The number of carbonyl (C=O) groups is 2. The lowest BCUT2D eigenvalue weighted by Gasteiger charge is -2.12. The summed E-state index contributed by atoms with van der Waals surface area (Å²) in [5, 5.41) is 12.7. The molecule has 168 valence electrons. The quantitative estimate of drug-likeness (QED) is 0.414. The maximum Gasteiger partial charge on any atom is 0.243 e. The summed E-state index contributed by atoms with van der Waals surface area (Å²) in [6, 6.07) is 9.30. The van der Waals surface area contributed by atoms with Crippen LogP contribution in [-0.4, -0.2) is 38.4 Å². The number of aryl methyl sites for hydroxylation is 1. The molecule has 0 aliphatic heterocycles. The van der Waals surface area contributed by atoms with Crippen LogP contribution in [0.1, 0.15) is 12.5 Å². The molecule has 0 saturated carbocycles. The lowest BCUT2D eigenvalue weighted by atomic mass is 10.1. The van der Waals surface area contributed by atoms with Crippen LogP contribution in [-0.2, 0) is 16.6 Å². The molecule has 3 aromatic rings. The van der Waals surface area contributed by atoms with Crippen molar-refractivity contribution in [1.29, 1.82) is 0 Å². The molecule has 0 bridgehead atoms. The highest BCUT2D eigenvalue weighted by molar-refractivity contribution is 8.00. The van der Waals surface area contributed by atoms with Gasteiger partial charge >= 0.3 is 0 Å². The molecule has 1 heterocycles. The predicted molar refractivity (Wildman–Crippen MR) is 114 cm³/mol. The van der Waals surface area contributed by atoms with Crippen molar-refractivity contribution >= 4 is 29.3 Å². The van der Waals surface area contributed by atoms with Gasteiger partial charge in [0.05, 0.1) is 17.5 Å². The highest BCUT2D eigenvalue weighted by Crippen LogP contribution is 2.27. The van der Waals surface area contributed by atoms with E-state index in [0.717, 1.165) is 29.0 Å². The van der Waals surface area contributed by atoms with E-state index in [1.165, 1.54) is 0 Å². The first-order valence-electron chi connectivity index (χ1n) is 9.52. The third-order valence-corrected chi connectivity index (χ3v) is 5.74. The van der Waals surface area contributed by atoms with E-state index in [1.807, 2.05) is 31.2 Å². The summed E-state index contributed by atoms with van der Waals surface area (Å²) < 4.78 is 41.6. The van der Waals surface area contributed by atoms with E-state index in [0.29, 0.717) is 17.0 Å². The Morgan fingerprint density at radius 2 is 1.81 bits per heavy atom. The van der Waals surface area contributed by atoms with Crippen molar-refractivity contribution in [3.63, 3.8) is 0 Å². The Balaban J connectivity index is 1.57. The highest BCUT2D eigenvalue weighted by Gasteiger charge is 2.21. The van der Waals surface area contributed by atoms with Crippen LogP contribution in [0.3, 0.4) is 0 Å². The number of hydrogen-bond acceptors (Lipinski definition) is 5. The van der Waals surface area contributed by atoms with E-state index in [2.05, 4.69) is 20.8 Å². The van der Waals surface area contributed by atoms with Crippen molar-refractivity contribution in [2.45, 2.75) is 24.3 Å². The number of benzene rings is 2. The van der Waals surface area contributed by atoms with E-state index in [4.69, 9.17) is 0 Å². The second kappa shape index (κ2) is 9.86. The van der Waals surface area contributed by atoms with Crippen LogP contribution in [0.4, 0.5) is 18.9 Å². The summed E-state index contributed by atoms with van der Waals surface area (Å²) in [6.07, 6.45) is 0. The van der Waals surface area contributed by atoms with Gasteiger partial charge in [-0.2, -0.15) is 0 Å². The fraction of sp³-hybridized carbons (Fsp3) is 0.238. The van der Waals surface area contributed by atoms with Gasteiger partial charge in [0, 0.05) is 12.6 Å². The SMILES string of the molecule is Cc1ccccc1-c1nnc(S[C@H](C)C(=O)NCC(=O)Nc2ccc(F)c(F)c2F)n1C. The Hall–Kier alpha value is -3.34. The number of nitrogens with one attached hydrogen (secondary N) is 2. The zero-order valence-corrected chi connectivity index (χ0v) is 18.3. The zero-order chi connectivity index (χ0) is 23.4. The molecule has 2 N–H and O–H groups in total. The molecular formula is C21H20F3N5O2S. The van der Waals surface area contributed by atoms with Gasteiger partial charge in [-0.15, -0.1) is 10.2 Å². The molecule has 32 heavy (non-hydrogen) atoms. The third-order valence-electron chi connectivity index (χ3n) is 4.60. The minimum atomic E-state index is -1.69. The molecule has 2 amide bonds. The van der Waals surface area contributed by atoms with Crippen molar-refractivity contribution in [3.8, 4) is 11.4 Å². The Morgan fingerprint density at radius 3 is 2.53 bits per heavy atom. The van der Waals surface area contributed by atoms with Gasteiger partial charge in [-0.3, -0.25) is 9.59 Å². The summed E-state index contributed by atoms with van der Waals surface area (Å²) in [4.78, 5) is 24.3. The van der Waals surface area contributed by atoms with Gasteiger partial charge in [0.2, 0.25) is 11.8 Å². The smallest absolute Gasteiger partial charge is 0.243 e. The van der Waals surface area contributed by atoms with Crippen LogP contribution in [0, 0.1) is 24.4 Å². The van der Waals surface area contributed by atoms with Crippen LogP contribution < -0.4 is 10.6 Å². The minimum Gasteiger partial charge on any atom is -0.346 e. The molecule has 0 aliphatic carbocycles. The number of amides is 2. The Labute approximate surface area is 186 Å². The van der Waals surface area contributed by atoms with Crippen molar-refractivity contribution in [2.24, 2.45) is 7.05 Å². The maximum atomic E-state index is 13.6. The topological polar surface area (TPSA) is 88.9 Å². The predicted octanol–water partition coefficient (Wildman–Crippen LogP) is 3.44. The Morgan fingerprint density at radius 1 is 1.09 bits per heavy atom. The van der Waals surface area contributed by atoms with Gasteiger partial charge < -0.3 is 15.2 Å². The summed E-state index contributed by atoms with van der Waals surface area (Å²) >= 11 is 1.16. The fourth-order valence-corrected chi connectivity index (χ4v) is 3.65. The number of aromatic nitrogens is 3. The largest absolute Gasteiger partial charge is 0.346 e. The lowest BCUT2D eigenvalue weighted by Crippen LogP contribution is -2.37. The molecule has 0 spiro atoms. The number of thioether (sulfide) groups is 1. The molecule has 7 nitrogen and oxygen atoms in total. The molecule has 0 aliphatic rings. The molecular weight excluding hydrogens is 443 g/mol. The summed E-state index contributed by atoms with van der Waals surface area (Å²) in [7, 11) is 1.79. The summed E-state index contributed by atoms with van der Waals surface area (Å²) in [6.45, 7) is 3.12. The second-order valence-corrected chi connectivity index (χ2v) is 8.24. The Bertz CT molecular complexity index is 1170. The van der Waals surface area contributed by atoms with Crippen molar-refractivity contribution in [2.75, 3.05) is 11.9 Å². The Kier molecular flexibility index (Phi) is 7.18. The zero-order valence-electron chi connectivity index (χ0n) is 17.4. The molecule has 2 aromatic carbocycles. The standard InChI is InChI=1S/C21H20F3N5O2S/c1-11-6-4-5-7-13(11)19-27-28-21(29(19)3)32-12(2)20(31)25-10-16(30)26-15-9-8-14(22)17(23)18(15)24/h4-9,12H,10H2,1-3H3,(H,25,31)(H,26,30)/t12-/m1/s1. The number of anilines is 1. The average molecular weight is 463 g/mol. The van der Waals surface area contributed by atoms with Crippen LogP contribution in [0.25, 0.3) is 11.4 Å². The van der Waals surface area contributed by atoms with E-state index in [9.17, 15) is 22.8 Å². The first kappa shape index (κ1) is 23.3. The third kappa shape index (κ3) is 5.10. The van der Waals surface area contributed by atoms with Crippen LogP contribution in [0.5, 0.6) is 0 Å². The van der Waals surface area contributed by atoms with E-state index < -0.39 is 46.7 Å². The van der Waals surface area contributed by atoms with Crippen LogP contribution in [0.15, 0.2) is 41.6 Å². The van der Waals surface area contributed by atoms with Gasteiger partial charge in [-0.05, 0) is 31.5 Å². The minimum absolute atomic E-state index is 0.462. The molecule has 3 rings (SSSR count). The van der Waals surface area contributed by atoms with Gasteiger partial charge in [-0.25, -0.2) is 13.2 Å². The van der Waals surface area contributed by atoms with Gasteiger partial charge in [0.25, 0.3) is 0 Å². The highest BCUT2D eigenvalue weighted by atomic mass is 32.2. The molecule has 11 heteroatoms. The van der Waals surface area contributed by atoms with Gasteiger partial charge in [0.1, 0.15) is 0 Å². The average Bonchev–Trinajstić information content (AvgIpc) is 3.12. The number of nitrogens with zero attached hydrogens (tertiary/aromatic N) is 3. The summed E-state index contributed by atoms with van der Waals surface area (Å²) in [5.41, 5.74) is 1.44. The van der Waals surface area contributed by atoms with Crippen molar-refractivity contribution in [3.05, 3.63) is 59.4 Å². The lowest BCUT2D eigenvalue weighted by molar-refractivity contribution is -0.123. The number of hydrogen-bond donors (Lipinski definition) is 2. The van der Waals surface area contributed by atoms with Crippen molar-refractivity contribution in [1.82, 2.24) is 20.1 Å². The number of carbonyl (C=O) groups excluding carboxylic acids is 2. The second-order valence-electron chi connectivity index (χ2n) is 6.93. The molecule has 0 saturated heterocycles. The molecule has 0 fully saturated rings. The first-order chi connectivity index (χ1) is 15.2. The summed E-state index contributed by atoms with van der Waals surface area (Å²) in [5.74, 6) is -5.16. The molecule has 1 atom stereocenters. The normalized spacial score (nSPS) is 11.8. The van der Waals surface area contributed by atoms with E-state index in [1.54, 1.807) is 18.5 Å². The van der Waals surface area contributed by atoms with Crippen LogP contribution >= 0.6 is 11.8 Å². The molecule has 1 aromatic heterocycles. The molecule has 0 unspecified atom stereocenters. The fourth-order valence-electron chi connectivity index (χ4n) is 2.82. The van der Waals surface area contributed by atoms with Crippen molar-refractivity contribution < 1.29 is 22.8 Å². The van der Waals surface area contributed by atoms with E-state index in [-0.39, 0.29) is 0 Å².